The van der Waals surface area contributed by atoms with Crippen LogP contribution >= 0.6 is 0 Å². The summed E-state index contributed by atoms with van der Waals surface area (Å²) in [6.07, 6.45) is 4.76. The molecule has 0 aromatic carbocycles. The van der Waals surface area contributed by atoms with Gasteiger partial charge in [-0.05, 0) is 32.2 Å². The van der Waals surface area contributed by atoms with Crippen molar-refractivity contribution < 1.29 is 9.53 Å². The summed E-state index contributed by atoms with van der Waals surface area (Å²) in [5, 5.41) is 6.35. The number of ether oxygens (including phenoxy) is 1. The molecule has 0 unspecified atom stereocenters. The molecule has 0 aromatic heterocycles. The van der Waals surface area contributed by atoms with Crippen LogP contribution in [0.3, 0.4) is 0 Å². The van der Waals surface area contributed by atoms with E-state index in [1.54, 1.807) is 0 Å². The smallest absolute Gasteiger partial charge is 0.222 e. The Kier molecular flexibility index (Phi) is 4.05. The molecule has 0 saturated carbocycles. The first-order valence-corrected chi connectivity index (χ1v) is 6.78. The highest BCUT2D eigenvalue weighted by Gasteiger charge is 2.39. The first-order valence-electron chi connectivity index (χ1n) is 6.78. The lowest BCUT2D eigenvalue weighted by Gasteiger charge is -2.38. The van der Waals surface area contributed by atoms with E-state index in [0.29, 0.717) is 6.54 Å². The summed E-state index contributed by atoms with van der Waals surface area (Å²) in [5.41, 5.74) is 0.0610. The van der Waals surface area contributed by atoms with Gasteiger partial charge in [-0.1, -0.05) is 13.8 Å². The van der Waals surface area contributed by atoms with Crippen molar-refractivity contribution in [3.63, 3.8) is 0 Å². The molecule has 0 aliphatic carbocycles. The van der Waals surface area contributed by atoms with Gasteiger partial charge in [0.2, 0.25) is 5.91 Å². The van der Waals surface area contributed by atoms with Gasteiger partial charge in [0.25, 0.3) is 0 Å². The Bertz CT molecular complexity index is 273. The van der Waals surface area contributed by atoms with Gasteiger partial charge in [0.05, 0.1) is 11.7 Å². The molecule has 0 radical (unpaired) electrons. The summed E-state index contributed by atoms with van der Waals surface area (Å²) in [7, 11) is 0. The van der Waals surface area contributed by atoms with Crippen LogP contribution in [0.15, 0.2) is 0 Å². The molecule has 1 amide bonds. The van der Waals surface area contributed by atoms with Crippen molar-refractivity contribution in [1.82, 2.24) is 10.6 Å². The predicted octanol–water partition coefficient (Wildman–Crippen LogP) is 1.06. The van der Waals surface area contributed by atoms with E-state index in [1.807, 2.05) is 13.8 Å². The molecule has 2 atom stereocenters. The molecule has 98 valence electrons. The van der Waals surface area contributed by atoms with Crippen LogP contribution in [0.5, 0.6) is 0 Å². The number of carbonyl (C=O) groups excluding carboxylic acids is 1. The minimum Gasteiger partial charge on any atom is -0.369 e. The molecule has 0 aromatic rings. The van der Waals surface area contributed by atoms with Gasteiger partial charge in [0, 0.05) is 19.0 Å². The zero-order chi connectivity index (χ0) is 12.3. The Morgan fingerprint density at radius 3 is 3.00 bits per heavy atom. The molecule has 2 aliphatic rings. The van der Waals surface area contributed by atoms with Crippen molar-refractivity contribution in [1.29, 1.82) is 0 Å². The average Bonchev–Trinajstić information content (AvgIpc) is 2.74. The second kappa shape index (κ2) is 5.36. The highest BCUT2D eigenvalue weighted by atomic mass is 16.5. The summed E-state index contributed by atoms with van der Waals surface area (Å²) < 4.78 is 6.19. The van der Waals surface area contributed by atoms with Gasteiger partial charge in [-0.2, -0.15) is 0 Å². The molecule has 4 heteroatoms. The largest absolute Gasteiger partial charge is 0.369 e. The van der Waals surface area contributed by atoms with E-state index in [9.17, 15) is 4.79 Å². The van der Waals surface area contributed by atoms with Crippen LogP contribution in [0.2, 0.25) is 0 Å². The third-order valence-corrected chi connectivity index (χ3v) is 3.81. The Labute approximate surface area is 103 Å². The number of hydrogen-bond acceptors (Lipinski definition) is 3. The lowest BCUT2D eigenvalue weighted by Crippen LogP contribution is -2.46. The molecule has 1 spiro atoms. The second-order valence-corrected chi connectivity index (χ2v) is 5.64. The summed E-state index contributed by atoms with van der Waals surface area (Å²) in [5.74, 6) is 0.179. The van der Waals surface area contributed by atoms with Crippen LogP contribution in [0.25, 0.3) is 0 Å². The summed E-state index contributed by atoms with van der Waals surface area (Å²) >= 11 is 0. The Balaban J connectivity index is 1.79. The minimum atomic E-state index is 0.0562. The van der Waals surface area contributed by atoms with Crippen molar-refractivity contribution in [3.8, 4) is 0 Å². The Hall–Kier alpha value is -0.610. The maximum atomic E-state index is 11.5. The quantitative estimate of drug-likeness (QED) is 0.775. The molecule has 2 saturated heterocycles. The van der Waals surface area contributed by atoms with Crippen LogP contribution in [-0.2, 0) is 9.53 Å². The van der Waals surface area contributed by atoms with Crippen molar-refractivity contribution in [2.24, 2.45) is 5.92 Å². The SMILES string of the molecule is CC(C)C(=O)NC[C@@H]1CCC[C@]2(CCNC2)O1. The standard InChI is InChI=1S/C13H24N2O2/c1-10(2)12(16)15-8-11-4-3-5-13(17-11)6-7-14-9-13/h10-11,14H,3-9H2,1-2H3,(H,15,16)/t11-,13+/m0/s1. The maximum absolute atomic E-state index is 11.5. The number of amides is 1. The lowest BCUT2D eigenvalue weighted by atomic mass is 9.90. The molecule has 17 heavy (non-hydrogen) atoms. The van der Waals surface area contributed by atoms with E-state index in [-0.39, 0.29) is 23.5 Å². The highest BCUT2D eigenvalue weighted by Crippen LogP contribution is 2.33. The zero-order valence-corrected chi connectivity index (χ0v) is 10.9. The van der Waals surface area contributed by atoms with Gasteiger partial charge in [-0.15, -0.1) is 0 Å². The van der Waals surface area contributed by atoms with Crippen LogP contribution < -0.4 is 10.6 Å². The minimum absolute atomic E-state index is 0.0562. The van der Waals surface area contributed by atoms with Crippen molar-refractivity contribution in [2.45, 2.75) is 51.2 Å². The summed E-state index contributed by atoms with van der Waals surface area (Å²) in [6.45, 7) is 6.53. The molecule has 2 N–H and O–H groups in total. The third-order valence-electron chi connectivity index (χ3n) is 3.81. The fourth-order valence-electron chi connectivity index (χ4n) is 2.72. The second-order valence-electron chi connectivity index (χ2n) is 5.64. The first-order chi connectivity index (χ1) is 8.11. The van der Waals surface area contributed by atoms with Gasteiger partial charge < -0.3 is 15.4 Å². The van der Waals surface area contributed by atoms with E-state index in [1.165, 1.54) is 6.42 Å². The number of hydrogen-bond donors (Lipinski definition) is 2. The van der Waals surface area contributed by atoms with E-state index in [4.69, 9.17) is 4.74 Å². The van der Waals surface area contributed by atoms with Crippen molar-refractivity contribution in [3.05, 3.63) is 0 Å². The number of rotatable bonds is 3. The highest BCUT2D eigenvalue weighted by molar-refractivity contribution is 5.77. The third kappa shape index (κ3) is 3.19. The molecule has 2 rings (SSSR count). The van der Waals surface area contributed by atoms with Crippen LogP contribution in [0.4, 0.5) is 0 Å². The van der Waals surface area contributed by atoms with E-state index in [0.717, 1.165) is 32.4 Å². The molecule has 2 heterocycles. The molecule has 2 aliphatic heterocycles. The van der Waals surface area contributed by atoms with E-state index >= 15 is 0 Å². The Morgan fingerprint density at radius 1 is 1.53 bits per heavy atom. The number of carbonyl (C=O) groups is 1. The first kappa shape index (κ1) is 12.8. The lowest BCUT2D eigenvalue weighted by molar-refractivity contribution is -0.130. The molecule has 4 nitrogen and oxygen atoms in total. The van der Waals surface area contributed by atoms with E-state index in [2.05, 4.69) is 10.6 Å². The van der Waals surface area contributed by atoms with Crippen molar-refractivity contribution in [2.75, 3.05) is 19.6 Å². The molecule has 2 fully saturated rings. The molecular formula is C13H24N2O2. The van der Waals surface area contributed by atoms with E-state index < -0.39 is 0 Å². The fraction of sp³-hybridized carbons (Fsp3) is 0.923. The topological polar surface area (TPSA) is 50.4 Å². The maximum Gasteiger partial charge on any atom is 0.222 e. The van der Waals surface area contributed by atoms with Crippen LogP contribution in [0.1, 0.15) is 39.5 Å². The van der Waals surface area contributed by atoms with Gasteiger partial charge >= 0.3 is 0 Å². The van der Waals surface area contributed by atoms with Crippen molar-refractivity contribution >= 4 is 5.91 Å². The summed E-state index contributed by atoms with van der Waals surface area (Å²) in [4.78, 5) is 11.5. The Morgan fingerprint density at radius 2 is 2.35 bits per heavy atom. The van der Waals surface area contributed by atoms with Crippen LogP contribution in [-0.4, -0.2) is 37.2 Å². The van der Waals surface area contributed by atoms with Crippen LogP contribution in [0, 0.1) is 5.92 Å². The fourth-order valence-corrected chi connectivity index (χ4v) is 2.72. The van der Waals surface area contributed by atoms with Gasteiger partial charge in [-0.3, -0.25) is 4.79 Å². The zero-order valence-electron chi connectivity index (χ0n) is 10.9. The number of nitrogens with one attached hydrogen (secondary N) is 2. The predicted molar refractivity (Wildman–Crippen MR) is 66.8 cm³/mol. The molecular weight excluding hydrogens is 216 g/mol. The average molecular weight is 240 g/mol. The normalized spacial score (nSPS) is 33.2. The van der Waals surface area contributed by atoms with Gasteiger partial charge in [0.15, 0.2) is 0 Å². The summed E-state index contributed by atoms with van der Waals surface area (Å²) in [6, 6.07) is 0. The van der Waals surface area contributed by atoms with Gasteiger partial charge in [0.1, 0.15) is 0 Å². The monoisotopic (exact) mass is 240 g/mol. The van der Waals surface area contributed by atoms with Gasteiger partial charge in [-0.25, -0.2) is 0 Å². The molecule has 0 bridgehead atoms.